The summed E-state index contributed by atoms with van der Waals surface area (Å²) in [6, 6.07) is 4.60. The van der Waals surface area contributed by atoms with Gasteiger partial charge in [0.1, 0.15) is 6.04 Å². The van der Waals surface area contributed by atoms with Gasteiger partial charge in [0.25, 0.3) is 11.8 Å². The minimum Gasteiger partial charge on any atom is -0.315 e. The first-order valence-corrected chi connectivity index (χ1v) is 10.1. The Morgan fingerprint density at radius 3 is 2.62 bits per heavy atom. The lowest BCUT2D eigenvalue weighted by Gasteiger charge is -2.39. The van der Waals surface area contributed by atoms with Crippen molar-refractivity contribution in [2.24, 2.45) is 5.41 Å². The van der Waals surface area contributed by atoms with Crippen LogP contribution in [0.5, 0.6) is 0 Å². The van der Waals surface area contributed by atoms with Crippen LogP contribution in [0.15, 0.2) is 18.2 Å². The van der Waals surface area contributed by atoms with Gasteiger partial charge in [-0.15, -0.1) is 0 Å². The summed E-state index contributed by atoms with van der Waals surface area (Å²) in [6.45, 7) is 6.97. The van der Waals surface area contributed by atoms with Crippen LogP contribution >= 0.6 is 0 Å². The highest BCUT2D eigenvalue weighted by molar-refractivity contribution is 6.23. The number of hydrogen-bond donors (Lipinski definition) is 3. The lowest BCUT2D eigenvalue weighted by Crippen LogP contribution is -2.54. The van der Waals surface area contributed by atoms with Gasteiger partial charge in [-0.05, 0) is 42.5 Å². The number of piperidine rings is 2. The summed E-state index contributed by atoms with van der Waals surface area (Å²) in [5.74, 6) is -1.92. The van der Waals surface area contributed by atoms with Gasteiger partial charge in [0.15, 0.2) is 0 Å². The van der Waals surface area contributed by atoms with Crippen LogP contribution in [-0.2, 0) is 16.1 Å². The summed E-state index contributed by atoms with van der Waals surface area (Å²) in [7, 11) is 0. The average Bonchev–Trinajstić information content (AvgIpc) is 2.91. The molecule has 3 N–H and O–H groups in total. The van der Waals surface area contributed by atoms with E-state index in [0.717, 1.165) is 30.0 Å². The Morgan fingerprint density at radius 1 is 1.14 bits per heavy atom. The van der Waals surface area contributed by atoms with Crippen molar-refractivity contribution in [3.05, 3.63) is 34.9 Å². The molecule has 154 valence electrons. The molecule has 3 aliphatic heterocycles. The van der Waals surface area contributed by atoms with E-state index in [4.69, 9.17) is 0 Å². The second-order valence-corrected chi connectivity index (χ2v) is 8.70. The molecule has 1 aromatic carbocycles. The van der Waals surface area contributed by atoms with Crippen LogP contribution in [0.4, 0.5) is 0 Å². The third-order valence-electron chi connectivity index (χ3n) is 6.29. The monoisotopic (exact) mass is 398 g/mol. The fourth-order valence-corrected chi connectivity index (χ4v) is 4.33. The zero-order valence-electron chi connectivity index (χ0n) is 16.7. The minimum absolute atomic E-state index is 0.115. The highest BCUT2D eigenvalue weighted by Crippen LogP contribution is 2.30. The van der Waals surface area contributed by atoms with Gasteiger partial charge in [0, 0.05) is 25.6 Å². The number of benzene rings is 1. The largest absolute Gasteiger partial charge is 0.315 e. The van der Waals surface area contributed by atoms with Crippen LogP contribution in [0.2, 0.25) is 0 Å². The van der Waals surface area contributed by atoms with Crippen molar-refractivity contribution < 1.29 is 19.2 Å². The quantitative estimate of drug-likeness (QED) is 0.640. The summed E-state index contributed by atoms with van der Waals surface area (Å²) in [5, 5.41) is 9.17. The van der Waals surface area contributed by atoms with Crippen molar-refractivity contribution in [1.29, 1.82) is 0 Å². The number of imide groups is 2. The van der Waals surface area contributed by atoms with E-state index < -0.39 is 23.8 Å². The molecule has 0 aromatic heterocycles. The predicted octanol–water partition coefficient (Wildman–Crippen LogP) is 0.566. The Kier molecular flexibility index (Phi) is 5.00. The van der Waals surface area contributed by atoms with Gasteiger partial charge < -0.3 is 10.6 Å². The standard InChI is InChI=1S/C21H26N4O4/c1-21(2)7-8-22-11-16(21)23-10-12-3-4-13-14(9-12)20(29)25(19(13)28)15-5-6-17(26)24-18(15)27/h3-4,9,15-16,22-23H,5-8,10-11H2,1-2H3,(H,24,26,27). The first-order valence-electron chi connectivity index (χ1n) is 10.1. The fraction of sp³-hybridized carbons (Fsp3) is 0.524. The van der Waals surface area contributed by atoms with Gasteiger partial charge >= 0.3 is 0 Å². The van der Waals surface area contributed by atoms with E-state index in [1.54, 1.807) is 12.1 Å². The third kappa shape index (κ3) is 3.58. The minimum atomic E-state index is -0.934. The summed E-state index contributed by atoms with van der Waals surface area (Å²) in [4.78, 5) is 50.2. The van der Waals surface area contributed by atoms with E-state index in [9.17, 15) is 19.2 Å². The van der Waals surface area contributed by atoms with Crippen LogP contribution in [0.25, 0.3) is 0 Å². The summed E-state index contributed by atoms with van der Waals surface area (Å²) in [5.41, 5.74) is 1.72. The molecule has 2 atom stereocenters. The number of rotatable bonds is 4. The molecular formula is C21H26N4O4. The molecule has 3 aliphatic rings. The zero-order valence-corrected chi connectivity index (χ0v) is 16.7. The van der Waals surface area contributed by atoms with E-state index in [0.29, 0.717) is 23.7 Å². The zero-order chi connectivity index (χ0) is 20.8. The SMILES string of the molecule is CC1(C)CCNCC1NCc1ccc2c(c1)C(=O)N(C1CCC(=O)NC1=O)C2=O. The van der Waals surface area contributed by atoms with Crippen molar-refractivity contribution in [3.8, 4) is 0 Å². The van der Waals surface area contributed by atoms with Crippen molar-refractivity contribution in [1.82, 2.24) is 20.9 Å². The lowest BCUT2D eigenvalue weighted by molar-refractivity contribution is -0.136. The molecular weight excluding hydrogens is 372 g/mol. The second-order valence-electron chi connectivity index (χ2n) is 8.70. The number of carbonyl (C=O) groups is 4. The molecule has 0 saturated carbocycles. The number of nitrogens with zero attached hydrogens (tertiary/aromatic N) is 1. The van der Waals surface area contributed by atoms with Crippen molar-refractivity contribution in [2.75, 3.05) is 13.1 Å². The maximum Gasteiger partial charge on any atom is 0.262 e. The molecule has 8 nitrogen and oxygen atoms in total. The third-order valence-corrected chi connectivity index (χ3v) is 6.29. The van der Waals surface area contributed by atoms with Gasteiger partial charge in [-0.25, -0.2) is 0 Å². The number of carbonyl (C=O) groups excluding carboxylic acids is 4. The molecule has 2 fully saturated rings. The molecule has 2 unspecified atom stereocenters. The molecule has 29 heavy (non-hydrogen) atoms. The molecule has 0 spiro atoms. The highest BCUT2D eigenvalue weighted by atomic mass is 16.2. The van der Waals surface area contributed by atoms with Gasteiger partial charge in [-0.1, -0.05) is 19.9 Å². The van der Waals surface area contributed by atoms with Crippen LogP contribution in [-0.4, -0.2) is 53.7 Å². The summed E-state index contributed by atoms with van der Waals surface area (Å²) >= 11 is 0. The number of nitrogens with one attached hydrogen (secondary N) is 3. The Hall–Kier alpha value is -2.58. The van der Waals surface area contributed by atoms with Crippen LogP contribution in [0, 0.1) is 5.41 Å². The van der Waals surface area contributed by atoms with E-state index >= 15 is 0 Å². The number of fused-ring (bicyclic) bond motifs is 1. The molecule has 1 aromatic rings. The van der Waals surface area contributed by atoms with Crippen molar-refractivity contribution >= 4 is 23.6 Å². The van der Waals surface area contributed by atoms with Gasteiger partial charge in [-0.2, -0.15) is 0 Å². The van der Waals surface area contributed by atoms with E-state index in [-0.39, 0.29) is 24.2 Å². The average molecular weight is 398 g/mol. The first-order chi connectivity index (χ1) is 13.8. The fourth-order valence-electron chi connectivity index (χ4n) is 4.33. The van der Waals surface area contributed by atoms with Gasteiger partial charge in [0.2, 0.25) is 11.8 Å². The highest BCUT2D eigenvalue weighted by Gasteiger charge is 2.44. The van der Waals surface area contributed by atoms with E-state index in [1.807, 2.05) is 6.07 Å². The van der Waals surface area contributed by atoms with Crippen LogP contribution < -0.4 is 16.0 Å². The number of hydrogen-bond acceptors (Lipinski definition) is 6. The maximum absolute atomic E-state index is 12.9. The summed E-state index contributed by atoms with van der Waals surface area (Å²) in [6.07, 6.45) is 1.36. The van der Waals surface area contributed by atoms with Crippen LogP contribution in [0.1, 0.15) is 59.4 Å². The van der Waals surface area contributed by atoms with Gasteiger partial charge in [0.05, 0.1) is 11.1 Å². The summed E-state index contributed by atoms with van der Waals surface area (Å²) < 4.78 is 0. The predicted molar refractivity (Wildman–Crippen MR) is 105 cm³/mol. The van der Waals surface area contributed by atoms with Crippen LogP contribution in [0.3, 0.4) is 0 Å². The Labute approximate surface area is 169 Å². The van der Waals surface area contributed by atoms with Crippen molar-refractivity contribution in [2.45, 2.75) is 51.7 Å². The Bertz CT molecular complexity index is 895. The Balaban J connectivity index is 1.50. The topological polar surface area (TPSA) is 108 Å². The molecule has 0 bridgehead atoms. The lowest BCUT2D eigenvalue weighted by atomic mass is 9.79. The molecule has 4 rings (SSSR count). The molecule has 0 aliphatic carbocycles. The molecule has 8 heteroatoms. The van der Waals surface area contributed by atoms with Crippen molar-refractivity contribution in [3.63, 3.8) is 0 Å². The first kappa shape index (κ1) is 19.7. The second kappa shape index (κ2) is 7.35. The molecule has 3 heterocycles. The normalized spacial score (nSPS) is 26.5. The van der Waals surface area contributed by atoms with Gasteiger partial charge in [-0.3, -0.25) is 29.4 Å². The Morgan fingerprint density at radius 2 is 1.90 bits per heavy atom. The maximum atomic E-state index is 12.9. The number of amides is 4. The molecule has 4 amide bonds. The van der Waals surface area contributed by atoms with E-state index in [1.165, 1.54) is 0 Å². The molecule has 2 saturated heterocycles. The molecule has 0 radical (unpaired) electrons. The smallest absolute Gasteiger partial charge is 0.262 e. The van der Waals surface area contributed by atoms with E-state index in [2.05, 4.69) is 29.8 Å².